The van der Waals surface area contributed by atoms with E-state index in [0.717, 1.165) is 11.1 Å². The Labute approximate surface area is 112 Å². The zero-order valence-corrected chi connectivity index (χ0v) is 10.9. The van der Waals surface area contributed by atoms with Crippen LogP contribution < -0.4 is 4.74 Å². The van der Waals surface area contributed by atoms with Crippen LogP contribution in [0.5, 0.6) is 5.88 Å². The molecule has 2 rings (SSSR count). The van der Waals surface area contributed by atoms with Gasteiger partial charge in [0.2, 0.25) is 5.88 Å². The molecule has 1 heterocycles. The molecule has 1 aromatic carbocycles. The maximum Gasteiger partial charge on any atom is 0.339 e. The van der Waals surface area contributed by atoms with Crippen molar-refractivity contribution in [2.45, 2.75) is 13.5 Å². The van der Waals surface area contributed by atoms with E-state index in [4.69, 9.17) is 4.74 Å². The molecule has 0 spiro atoms. The first kappa shape index (κ1) is 13.1. The Balaban J connectivity index is 2.07. The number of benzene rings is 1. The van der Waals surface area contributed by atoms with E-state index in [-0.39, 0.29) is 0 Å². The maximum atomic E-state index is 11.4. The summed E-state index contributed by atoms with van der Waals surface area (Å²) in [5, 5.41) is 0. The van der Waals surface area contributed by atoms with Gasteiger partial charge in [-0.2, -0.15) is 0 Å². The standard InChI is InChI=1S/C15H15NO3/c1-11-8-13(15(17)18-2)9-16-14(11)19-10-12-6-4-3-5-7-12/h3-9H,10H2,1-2H3. The molecule has 0 aliphatic carbocycles. The Morgan fingerprint density at radius 1 is 1.26 bits per heavy atom. The molecule has 2 aromatic rings. The smallest absolute Gasteiger partial charge is 0.339 e. The number of rotatable bonds is 4. The third kappa shape index (κ3) is 3.31. The van der Waals surface area contributed by atoms with Gasteiger partial charge in [0.15, 0.2) is 0 Å². The SMILES string of the molecule is COC(=O)c1cnc(OCc2ccccc2)c(C)c1. The summed E-state index contributed by atoms with van der Waals surface area (Å²) in [4.78, 5) is 15.5. The fourth-order valence-electron chi connectivity index (χ4n) is 1.67. The van der Waals surface area contributed by atoms with Gasteiger partial charge in [0.05, 0.1) is 12.7 Å². The first-order valence-corrected chi connectivity index (χ1v) is 5.92. The number of carbonyl (C=O) groups is 1. The van der Waals surface area contributed by atoms with Crippen molar-refractivity contribution in [2.24, 2.45) is 0 Å². The van der Waals surface area contributed by atoms with Crippen molar-refractivity contribution in [1.82, 2.24) is 4.98 Å². The molecule has 0 fully saturated rings. The molecule has 0 saturated carbocycles. The van der Waals surface area contributed by atoms with Crippen LogP contribution in [0.25, 0.3) is 0 Å². The van der Waals surface area contributed by atoms with Crippen LogP contribution in [0, 0.1) is 6.92 Å². The highest BCUT2D eigenvalue weighted by atomic mass is 16.5. The molecule has 4 heteroatoms. The molecule has 0 bridgehead atoms. The summed E-state index contributed by atoms with van der Waals surface area (Å²) in [6.45, 7) is 2.30. The topological polar surface area (TPSA) is 48.4 Å². The first-order valence-electron chi connectivity index (χ1n) is 5.92. The minimum Gasteiger partial charge on any atom is -0.473 e. The lowest BCUT2D eigenvalue weighted by Crippen LogP contribution is -2.04. The van der Waals surface area contributed by atoms with Gasteiger partial charge in [-0.3, -0.25) is 0 Å². The van der Waals surface area contributed by atoms with Gasteiger partial charge >= 0.3 is 5.97 Å². The Hall–Kier alpha value is -2.36. The Bertz CT molecular complexity index is 567. The van der Waals surface area contributed by atoms with E-state index in [1.165, 1.54) is 13.3 Å². The number of hydrogen-bond acceptors (Lipinski definition) is 4. The third-order valence-electron chi connectivity index (χ3n) is 2.67. The Morgan fingerprint density at radius 2 is 2.00 bits per heavy atom. The lowest BCUT2D eigenvalue weighted by molar-refractivity contribution is 0.0600. The molecular weight excluding hydrogens is 242 g/mol. The fraction of sp³-hybridized carbons (Fsp3) is 0.200. The molecule has 19 heavy (non-hydrogen) atoms. The predicted octanol–water partition coefficient (Wildman–Crippen LogP) is 2.76. The molecule has 0 N–H and O–H groups in total. The number of aromatic nitrogens is 1. The molecule has 0 aliphatic rings. The minimum atomic E-state index is -0.398. The lowest BCUT2D eigenvalue weighted by atomic mass is 10.2. The fourth-order valence-corrected chi connectivity index (χ4v) is 1.67. The van der Waals surface area contributed by atoms with Crippen LogP contribution >= 0.6 is 0 Å². The number of hydrogen-bond donors (Lipinski definition) is 0. The molecule has 0 atom stereocenters. The quantitative estimate of drug-likeness (QED) is 0.790. The van der Waals surface area contributed by atoms with Crippen LogP contribution in [0.2, 0.25) is 0 Å². The van der Waals surface area contributed by atoms with Gasteiger partial charge in [-0.15, -0.1) is 0 Å². The average molecular weight is 257 g/mol. The maximum absolute atomic E-state index is 11.4. The van der Waals surface area contributed by atoms with Gasteiger partial charge in [-0.05, 0) is 18.6 Å². The van der Waals surface area contributed by atoms with Crippen LogP contribution in [0.4, 0.5) is 0 Å². The number of nitrogens with zero attached hydrogens (tertiary/aromatic N) is 1. The zero-order chi connectivity index (χ0) is 13.7. The van der Waals surface area contributed by atoms with Crippen molar-refractivity contribution in [2.75, 3.05) is 7.11 Å². The van der Waals surface area contributed by atoms with Crippen LogP contribution in [-0.2, 0) is 11.3 Å². The highest BCUT2D eigenvalue weighted by Gasteiger charge is 2.09. The second kappa shape index (κ2) is 6.00. The lowest BCUT2D eigenvalue weighted by Gasteiger charge is -2.09. The zero-order valence-electron chi connectivity index (χ0n) is 10.9. The van der Waals surface area contributed by atoms with E-state index < -0.39 is 5.97 Å². The third-order valence-corrected chi connectivity index (χ3v) is 2.67. The van der Waals surface area contributed by atoms with Crippen molar-refractivity contribution in [3.05, 3.63) is 59.3 Å². The number of methoxy groups -OCH3 is 1. The van der Waals surface area contributed by atoms with Gasteiger partial charge in [0, 0.05) is 11.8 Å². The van der Waals surface area contributed by atoms with E-state index in [0.29, 0.717) is 18.1 Å². The molecular formula is C15H15NO3. The molecule has 98 valence electrons. The summed E-state index contributed by atoms with van der Waals surface area (Å²) in [6.07, 6.45) is 1.46. The normalized spacial score (nSPS) is 10.0. The minimum absolute atomic E-state index is 0.398. The van der Waals surface area contributed by atoms with Gasteiger partial charge < -0.3 is 9.47 Å². The van der Waals surface area contributed by atoms with E-state index in [1.807, 2.05) is 37.3 Å². The van der Waals surface area contributed by atoms with Gasteiger partial charge in [-0.25, -0.2) is 9.78 Å². The molecule has 0 amide bonds. The highest BCUT2D eigenvalue weighted by Crippen LogP contribution is 2.17. The summed E-state index contributed by atoms with van der Waals surface area (Å²) < 4.78 is 10.3. The molecule has 0 aliphatic heterocycles. The van der Waals surface area contributed by atoms with Crippen molar-refractivity contribution >= 4 is 5.97 Å². The summed E-state index contributed by atoms with van der Waals surface area (Å²) in [7, 11) is 1.34. The summed E-state index contributed by atoms with van der Waals surface area (Å²) in [5.74, 6) is 0.127. The van der Waals surface area contributed by atoms with Gasteiger partial charge in [0.1, 0.15) is 6.61 Å². The molecule has 0 unspecified atom stereocenters. The second-order valence-electron chi connectivity index (χ2n) is 4.11. The number of pyridine rings is 1. The monoisotopic (exact) mass is 257 g/mol. The van der Waals surface area contributed by atoms with Crippen molar-refractivity contribution in [1.29, 1.82) is 0 Å². The van der Waals surface area contributed by atoms with Crippen molar-refractivity contribution in [3.8, 4) is 5.88 Å². The summed E-state index contributed by atoms with van der Waals surface area (Å²) in [6, 6.07) is 11.5. The summed E-state index contributed by atoms with van der Waals surface area (Å²) >= 11 is 0. The van der Waals surface area contributed by atoms with Crippen molar-refractivity contribution < 1.29 is 14.3 Å². The van der Waals surface area contributed by atoms with Crippen LogP contribution in [0.1, 0.15) is 21.5 Å². The van der Waals surface area contributed by atoms with Crippen LogP contribution in [0.15, 0.2) is 42.6 Å². The highest BCUT2D eigenvalue weighted by molar-refractivity contribution is 5.89. The van der Waals surface area contributed by atoms with E-state index in [9.17, 15) is 4.79 Å². The van der Waals surface area contributed by atoms with E-state index in [2.05, 4.69) is 9.72 Å². The number of carbonyl (C=O) groups excluding carboxylic acids is 1. The Kier molecular flexibility index (Phi) is 4.13. The Morgan fingerprint density at radius 3 is 2.63 bits per heavy atom. The second-order valence-corrected chi connectivity index (χ2v) is 4.11. The average Bonchev–Trinajstić information content (AvgIpc) is 2.46. The largest absolute Gasteiger partial charge is 0.473 e. The molecule has 0 radical (unpaired) electrons. The van der Waals surface area contributed by atoms with Crippen molar-refractivity contribution in [3.63, 3.8) is 0 Å². The first-order chi connectivity index (χ1) is 9.20. The number of aryl methyl sites for hydroxylation is 1. The van der Waals surface area contributed by atoms with E-state index >= 15 is 0 Å². The number of ether oxygens (including phenoxy) is 2. The van der Waals surface area contributed by atoms with Gasteiger partial charge in [0.25, 0.3) is 0 Å². The molecule has 1 aromatic heterocycles. The predicted molar refractivity (Wildman–Crippen MR) is 71.1 cm³/mol. The molecule has 4 nitrogen and oxygen atoms in total. The van der Waals surface area contributed by atoms with E-state index in [1.54, 1.807) is 6.07 Å². The summed E-state index contributed by atoms with van der Waals surface area (Å²) in [5.41, 5.74) is 2.30. The van der Waals surface area contributed by atoms with Crippen LogP contribution in [0.3, 0.4) is 0 Å². The van der Waals surface area contributed by atoms with Crippen LogP contribution in [-0.4, -0.2) is 18.1 Å². The molecule has 0 saturated heterocycles. The number of esters is 1. The van der Waals surface area contributed by atoms with Gasteiger partial charge in [-0.1, -0.05) is 30.3 Å².